The Labute approximate surface area is 116 Å². The summed E-state index contributed by atoms with van der Waals surface area (Å²) in [5.74, 6) is 0. The Morgan fingerprint density at radius 3 is 3.00 bits per heavy atom. The van der Waals surface area contributed by atoms with Gasteiger partial charge in [-0.25, -0.2) is 4.79 Å². The first kappa shape index (κ1) is 13.6. The predicted octanol–water partition coefficient (Wildman–Crippen LogP) is 2.38. The van der Waals surface area contributed by atoms with Crippen molar-refractivity contribution in [2.45, 2.75) is 19.5 Å². The van der Waals surface area contributed by atoms with Crippen molar-refractivity contribution in [3.8, 4) is 0 Å². The fourth-order valence-corrected chi connectivity index (χ4v) is 2.54. The maximum Gasteiger partial charge on any atom is 0.317 e. The number of hydrogen-bond donors (Lipinski definition) is 1. The van der Waals surface area contributed by atoms with Gasteiger partial charge in [0.2, 0.25) is 0 Å². The van der Waals surface area contributed by atoms with E-state index >= 15 is 0 Å². The van der Waals surface area contributed by atoms with Gasteiger partial charge in [-0.3, -0.25) is 4.68 Å². The number of aryl methyl sites for hydroxylation is 1. The molecule has 2 rings (SSSR count). The number of hydrogen-bond acceptors (Lipinski definition) is 3. The Hall–Kier alpha value is -1.82. The molecule has 0 aliphatic rings. The summed E-state index contributed by atoms with van der Waals surface area (Å²) in [6.07, 6.45) is 3.68. The second kappa shape index (κ2) is 5.88. The maximum absolute atomic E-state index is 12.1. The zero-order valence-corrected chi connectivity index (χ0v) is 12.1. The van der Waals surface area contributed by atoms with Crippen LogP contribution in [0.4, 0.5) is 4.79 Å². The van der Waals surface area contributed by atoms with Crippen molar-refractivity contribution in [1.82, 2.24) is 20.0 Å². The summed E-state index contributed by atoms with van der Waals surface area (Å²) in [5, 5.41) is 9.08. The molecule has 5 nitrogen and oxygen atoms in total. The number of carbonyl (C=O) groups excluding carboxylic acids is 1. The predicted molar refractivity (Wildman–Crippen MR) is 75.9 cm³/mol. The van der Waals surface area contributed by atoms with E-state index in [-0.39, 0.29) is 12.1 Å². The fourth-order valence-electron chi connectivity index (χ4n) is 1.80. The second-order valence-electron chi connectivity index (χ2n) is 4.56. The molecule has 0 fully saturated rings. The van der Waals surface area contributed by atoms with Crippen LogP contribution in [0.15, 0.2) is 29.9 Å². The molecule has 19 heavy (non-hydrogen) atoms. The van der Waals surface area contributed by atoms with Crippen LogP contribution in [-0.4, -0.2) is 27.8 Å². The van der Waals surface area contributed by atoms with Crippen LogP contribution >= 0.6 is 11.3 Å². The highest BCUT2D eigenvalue weighted by molar-refractivity contribution is 7.10. The van der Waals surface area contributed by atoms with E-state index in [1.54, 1.807) is 34.2 Å². The van der Waals surface area contributed by atoms with E-state index in [4.69, 9.17) is 0 Å². The quantitative estimate of drug-likeness (QED) is 0.933. The molecule has 2 heterocycles. The summed E-state index contributed by atoms with van der Waals surface area (Å²) < 4.78 is 1.73. The van der Waals surface area contributed by atoms with E-state index in [2.05, 4.69) is 10.4 Å². The number of carbonyl (C=O) groups is 1. The van der Waals surface area contributed by atoms with Crippen LogP contribution in [0.1, 0.15) is 23.4 Å². The number of aromatic nitrogens is 2. The first-order valence-electron chi connectivity index (χ1n) is 6.09. The molecule has 2 aromatic rings. The van der Waals surface area contributed by atoms with Gasteiger partial charge in [-0.2, -0.15) is 5.10 Å². The third-order valence-corrected chi connectivity index (χ3v) is 3.89. The lowest BCUT2D eigenvalue weighted by atomic mass is 10.3. The highest BCUT2D eigenvalue weighted by atomic mass is 32.1. The largest absolute Gasteiger partial charge is 0.331 e. The molecule has 0 saturated carbocycles. The van der Waals surface area contributed by atoms with Gasteiger partial charge in [0.1, 0.15) is 0 Å². The Morgan fingerprint density at radius 1 is 1.63 bits per heavy atom. The lowest BCUT2D eigenvalue weighted by Crippen LogP contribution is -2.37. The minimum absolute atomic E-state index is 0.0313. The molecule has 6 heteroatoms. The highest BCUT2D eigenvalue weighted by Gasteiger charge is 2.14. The van der Waals surface area contributed by atoms with Gasteiger partial charge in [-0.15, -0.1) is 11.3 Å². The molecular formula is C13H18N4OS. The summed E-state index contributed by atoms with van der Waals surface area (Å²) >= 11 is 1.65. The second-order valence-corrected chi connectivity index (χ2v) is 5.54. The van der Waals surface area contributed by atoms with Crippen LogP contribution in [-0.2, 0) is 13.6 Å². The van der Waals surface area contributed by atoms with Crippen LogP contribution < -0.4 is 5.32 Å². The van der Waals surface area contributed by atoms with Gasteiger partial charge in [-0.1, -0.05) is 6.07 Å². The number of urea groups is 1. The van der Waals surface area contributed by atoms with Gasteiger partial charge in [0.25, 0.3) is 0 Å². The van der Waals surface area contributed by atoms with Crippen molar-refractivity contribution in [2.24, 2.45) is 7.05 Å². The number of rotatable bonds is 4. The van der Waals surface area contributed by atoms with E-state index in [1.807, 2.05) is 37.7 Å². The Balaban J connectivity index is 1.89. The van der Waals surface area contributed by atoms with Crippen LogP contribution in [0.5, 0.6) is 0 Å². The van der Waals surface area contributed by atoms with Crippen LogP contribution in [0, 0.1) is 0 Å². The first-order chi connectivity index (χ1) is 9.06. The maximum atomic E-state index is 12.1. The van der Waals surface area contributed by atoms with E-state index in [1.165, 1.54) is 0 Å². The minimum Gasteiger partial charge on any atom is -0.331 e. The van der Waals surface area contributed by atoms with E-state index < -0.39 is 0 Å². The van der Waals surface area contributed by atoms with Crippen LogP contribution in [0.3, 0.4) is 0 Å². The molecule has 0 bridgehead atoms. The van der Waals surface area contributed by atoms with Crippen LogP contribution in [0.25, 0.3) is 0 Å². The number of nitrogens with one attached hydrogen (secondary N) is 1. The molecule has 0 radical (unpaired) electrons. The summed E-state index contributed by atoms with van der Waals surface area (Å²) in [5.41, 5.74) is 1.02. The molecule has 1 atom stereocenters. The summed E-state index contributed by atoms with van der Waals surface area (Å²) in [6, 6.07) is 3.97. The van der Waals surface area contributed by atoms with Gasteiger partial charge in [0.05, 0.1) is 18.8 Å². The van der Waals surface area contributed by atoms with E-state index in [0.29, 0.717) is 6.54 Å². The molecule has 2 amide bonds. The average Bonchev–Trinajstić information content (AvgIpc) is 3.00. The lowest BCUT2D eigenvalue weighted by Gasteiger charge is -2.20. The van der Waals surface area contributed by atoms with E-state index in [9.17, 15) is 4.79 Å². The minimum atomic E-state index is -0.0789. The normalized spacial score (nSPS) is 12.2. The lowest BCUT2D eigenvalue weighted by molar-refractivity contribution is 0.203. The molecule has 0 aromatic carbocycles. The Kier molecular flexibility index (Phi) is 4.21. The average molecular weight is 278 g/mol. The summed E-state index contributed by atoms with van der Waals surface area (Å²) in [4.78, 5) is 14.9. The molecular weight excluding hydrogens is 260 g/mol. The van der Waals surface area contributed by atoms with Gasteiger partial charge in [-0.05, 0) is 18.4 Å². The SMILES string of the molecule is C[C@@H](NC(=O)N(C)Cc1cnn(C)c1)c1cccs1. The fraction of sp³-hybridized carbons (Fsp3) is 0.385. The number of amides is 2. The van der Waals surface area contributed by atoms with Crippen molar-refractivity contribution in [3.63, 3.8) is 0 Å². The van der Waals surface area contributed by atoms with Gasteiger partial charge in [0, 0.05) is 30.7 Å². The standard InChI is InChI=1S/C13H18N4OS/c1-10(12-5-4-6-19-12)15-13(18)16(2)8-11-7-14-17(3)9-11/h4-7,9-10H,8H2,1-3H3,(H,15,18)/t10-/m1/s1. The molecule has 0 aliphatic carbocycles. The van der Waals surface area contributed by atoms with Crippen molar-refractivity contribution >= 4 is 17.4 Å². The Morgan fingerprint density at radius 2 is 2.42 bits per heavy atom. The van der Waals surface area contributed by atoms with Crippen LogP contribution in [0.2, 0.25) is 0 Å². The van der Waals surface area contributed by atoms with Crippen molar-refractivity contribution in [1.29, 1.82) is 0 Å². The van der Waals surface area contributed by atoms with Gasteiger partial charge < -0.3 is 10.2 Å². The van der Waals surface area contributed by atoms with Crippen molar-refractivity contribution in [3.05, 3.63) is 40.3 Å². The monoisotopic (exact) mass is 278 g/mol. The zero-order chi connectivity index (χ0) is 13.8. The summed E-state index contributed by atoms with van der Waals surface area (Å²) in [7, 11) is 3.64. The first-order valence-corrected chi connectivity index (χ1v) is 6.97. The molecule has 0 spiro atoms. The number of nitrogens with zero attached hydrogens (tertiary/aromatic N) is 3. The Bertz CT molecular complexity index is 535. The third kappa shape index (κ3) is 3.57. The smallest absolute Gasteiger partial charge is 0.317 e. The van der Waals surface area contributed by atoms with Gasteiger partial charge in [0.15, 0.2) is 0 Å². The summed E-state index contributed by atoms with van der Waals surface area (Å²) in [6.45, 7) is 2.54. The molecule has 0 unspecified atom stereocenters. The molecule has 2 aromatic heterocycles. The molecule has 0 saturated heterocycles. The molecule has 0 aliphatic heterocycles. The van der Waals surface area contributed by atoms with Crippen molar-refractivity contribution in [2.75, 3.05) is 7.05 Å². The molecule has 1 N–H and O–H groups in total. The zero-order valence-electron chi connectivity index (χ0n) is 11.3. The molecule has 102 valence electrons. The number of thiophene rings is 1. The third-order valence-electron chi connectivity index (χ3n) is 2.83. The van der Waals surface area contributed by atoms with Crippen molar-refractivity contribution < 1.29 is 4.79 Å². The highest BCUT2D eigenvalue weighted by Crippen LogP contribution is 2.18. The van der Waals surface area contributed by atoms with Gasteiger partial charge >= 0.3 is 6.03 Å². The topological polar surface area (TPSA) is 50.2 Å². The van der Waals surface area contributed by atoms with E-state index in [0.717, 1.165) is 10.4 Å².